The summed E-state index contributed by atoms with van der Waals surface area (Å²) in [5.41, 5.74) is 0.476. The van der Waals surface area contributed by atoms with Crippen LogP contribution in [-0.2, 0) is 6.54 Å². The van der Waals surface area contributed by atoms with Gasteiger partial charge >= 0.3 is 0 Å². The maximum absolute atomic E-state index is 13.0. The number of carbonyl (C=O) groups excluding carboxylic acids is 1. The Kier molecular flexibility index (Phi) is 5.29. The Hall–Kier alpha value is -3.26. The van der Waals surface area contributed by atoms with Crippen molar-refractivity contribution in [1.82, 2.24) is 30.0 Å². The van der Waals surface area contributed by atoms with Crippen LogP contribution in [0.15, 0.2) is 48.8 Å². The lowest BCUT2D eigenvalue weighted by Crippen LogP contribution is -2.48. The van der Waals surface area contributed by atoms with E-state index in [1.807, 2.05) is 42.2 Å². The molecule has 3 aromatic rings. The number of nitrogens with zero attached hydrogens (tertiary/aromatic N) is 5. The van der Waals surface area contributed by atoms with Crippen molar-refractivity contribution in [2.45, 2.75) is 13.5 Å². The van der Waals surface area contributed by atoms with E-state index in [4.69, 9.17) is 4.74 Å². The van der Waals surface area contributed by atoms with Crippen LogP contribution in [-0.4, -0.2) is 62.1 Å². The average molecular weight is 378 g/mol. The molecule has 144 valence electrons. The molecule has 0 atom stereocenters. The van der Waals surface area contributed by atoms with Crippen molar-refractivity contribution in [1.29, 1.82) is 0 Å². The average Bonchev–Trinajstić information content (AvgIpc) is 3.14. The Bertz CT molecular complexity index is 935. The molecular weight excluding hydrogens is 356 g/mol. The molecule has 2 aromatic heterocycles. The minimum absolute atomic E-state index is 0.0626. The fourth-order valence-electron chi connectivity index (χ4n) is 3.19. The minimum atomic E-state index is -0.0626. The van der Waals surface area contributed by atoms with Gasteiger partial charge in [0.25, 0.3) is 5.91 Å². The molecule has 1 aliphatic rings. The summed E-state index contributed by atoms with van der Waals surface area (Å²) < 4.78 is 5.91. The third kappa shape index (κ3) is 4.17. The number of aromatic amines is 1. The fraction of sp³-hybridized carbons (Fsp3) is 0.300. The monoisotopic (exact) mass is 378 g/mol. The van der Waals surface area contributed by atoms with Crippen LogP contribution in [0.25, 0.3) is 0 Å². The van der Waals surface area contributed by atoms with Crippen LogP contribution in [0.1, 0.15) is 22.0 Å². The maximum Gasteiger partial charge on any atom is 0.259 e. The molecule has 1 aromatic carbocycles. The van der Waals surface area contributed by atoms with Crippen molar-refractivity contribution in [2.24, 2.45) is 0 Å². The van der Waals surface area contributed by atoms with Crippen molar-refractivity contribution >= 4 is 5.91 Å². The number of hydrogen-bond acceptors (Lipinski definition) is 6. The first-order valence-electron chi connectivity index (χ1n) is 9.25. The number of H-pyrrole nitrogens is 1. The number of aryl methyl sites for hydroxylation is 1. The maximum atomic E-state index is 13.0. The van der Waals surface area contributed by atoms with E-state index in [0.717, 1.165) is 24.7 Å². The van der Waals surface area contributed by atoms with Crippen LogP contribution in [0.2, 0.25) is 0 Å². The molecule has 0 unspecified atom stereocenters. The number of hydrogen-bond donors (Lipinski definition) is 1. The van der Waals surface area contributed by atoms with E-state index < -0.39 is 0 Å². The van der Waals surface area contributed by atoms with E-state index in [2.05, 4.69) is 25.1 Å². The Labute approximate surface area is 163 Å². The van der Waals surface area contributed by atoms with Gasteiger partial charge in [-0.3, -0.25) is 19.8 Å². The van der Waals surface area contributed by atoms with Gasteiger partial charge in [-0.05, 0) is 25.1 Å². The number of amides is 1. The zero-order valence-electron chi connectivity index (χ0n) is 15.7. The van der Waals surface area contributed by atoms with Gasteiger partial charge in [-0.2, -0.15) is 5.10 Å². The Balaban J connectivity index is 1.40. The molecular formula is C20H22N6O2. The summed E-state index contributed by atoms with van der Waals surface area (Å²) in [5.74, 6) is 2.74. The van der Waals surface area contributed by atoms with Crippen LogP contribution < -0.4 is 4.74 Å². The van der Waals surface area contributed by atoms with Crippen molar-refractivity contribution in [2.75, 3.05) is 26.2 Å². The number of piperazine rings is 1. The molecule has 1 saturated heterocycles. The van der Waals surface area contributed by atoms with E-state index in [1.54, 1.807) is 18.5 Å². The topological polar surface area (TPSA) is 87.2 Å². The van der Waals surface area contributed by atoms with Crippen LogP contribution in [0.3, 0.4) is 0 Å². The van der Waals surface area contributed by atoms with Crippen molar-refractivity contribution in [3.63, 3.8) is 0 Å². The second-order valence-electron chi connectivity index (χ2n) is 6.69. The first-order valence-corrected chi connectivity index (χ1v) is 9.25. The lowest BCUT2D eigenvalue weighted by Gasteiger charge is -2.34. The summed E-state index contributed by atoms with van der Waals surface area (Å²) >= 11 is 0. The number of para-hydroxylation sites is 1. The third-order valence-corrected chi connectivity index (χ3v) is 4.65. The predicted octanol–water partition coefficient (Wildman–Crippen LogP) is 2.26. The summed E-state index contributed by atoms with van der Waals surface area (Å²) in [6, 6.07) is 11.2. The largest absolute Gasteiger partial charge is 0.456 e. The molecule has 4 rings (SSSR count). The summed E-state index contributed by atoms with van der Waals surface area (Å²) in [4.78, 5) is 25.6. The van der Waals surface area contributed by atoms with Crippen molar-refractivity contribution in [3.05, 3.63) is 66.0 Å². The van der Waals surface area contributed by atoms with Gasteiger partial charge in [0, 0.05) is 38.6 Å². The van der Waals surface area contributed by atoms with E-state index in [0.29, 0.717) is 36.7 Å². The molecule has 1 N–H and O–H groups in total. The molecule has 28 heavy (non-hydrogen) atoms. The van der Waals surface area contributed by atoms with Crippen molar-refractivity contribution in [3.8, 4) is 11.5 Å². The number of carbonyl (C=O) groups is 1. The van der Waals surface area contributed by atoms with E-state index in [9.17, 15) is 4.79 Å². The number of pyridine rings is 1. The zero-order chi connectivity index (χ0) is 19.3. The third-order valence-electron chi connectivity index (χ3n) is 4.65. The Morgan fingerprint density at radius 3 is 2.64 bits per heavy atom. The molecule has 1 amide bonds. The molecule has 3 heterocycles. The van der Waals surface area contributed by atoms with E-state index in [1.165, 1.54) is 0 Å². The van der Waals surface area contributed by atoms with Gasteiger partial charge < -0.3 is 9.64 Å². The normalized spacial score (nSPS) is 14.8. The fourth-order valence-corrected chi connectivity index (χ4v) is 3.19. The number of benzene rings is 1. The quantitative estimate of drug-likeness (QED) is 0.733. The van der Waals surface area contributed by atoms with Crippen molar-refractivity contribution < 1.29 is 9.53 Å². The van der Waals surface area contributed by atoms with Gasteiger partial charge in [-0.25, -0.2) is 4.98 Å². The second kappa shape index (κ2) is 8.18. The zero-order valence-corrected chi connectivity index (χ0v) is 15.7. The summed E-state index contributed by atoms with van der Waals surface area (Å²) in [6.45, 7) is 5.39. The molecule has 0 radical (unpaired) electrons. The summed E-state index contributed by atoms with van der Waals surface area (Å²) in [7, 11) is 0. The molecule has 0 saturated carbocycles. The Morgan fingerprint density at radius 1 is 1.14 bits per heavy atom. The SMILES string of the molecule is Cc1nc(CN2CCN(C(=O)c3cnccc3Oc3ccccc3)CC2)n[nH]1. The lowest BCUT2D eigenvalue weighted by molar-refractivity contribution is 0.0622. The van der Waals surface area contributed by atoms with E-state index >= 15 is 0 Å². The highest BCUT2D eigenvalue weighted by Gasteiger charge is 2.25. The van der Waals surface area contributed by atoms with Gasteiger partial charge in [-0.1, -0.05) is 18.2 Å². The lowest BCUT2D eigenvalue weighted by atomic mass is 10.2. The highest BCUT2D eigenvalue weighted by Crippen LogP contribution is 2.25. The van der Waals surface area contributed by atoms with Crippen LogP contribution in [0.4, 0.5) is 0 Å². The highest BCUT2D eigenvalue weighted by atomic mass is 16.5. The van der Waals surface area contributed by atoms with Gasteiger partial charge in [0.2, 0.25) is 0 Å². The minimum Gasteiger partial charge on any atom is -0.456 e. The van der Waals surface area contributed by atoms with Gasteiger partial charge in [0.1, 0.15) is 22.9 Å². The molecule has 0 aliphatic carbocycles. The smallest absolute Gasteiger partial charge is 0.259 e. The Morgan fingerprint density at radius 2 is 1.93 bits per heavy atom. The first-order chi connectivity index (χ1) is 13.7. The number of ether oxygens (including phenoxy) is 1. The standard InChI is InChI=1S/C20H22N6O2/c1-15-22-19(24-23-15)14-25-9-11-26(12-10-25)20(27)17-13-21-8-7-18(17)28-16-5-3-2-4-6-16/h2-8,13H,9-12,14H2,1H3,(H,22,23,24). The number of aromatic nitrogens is 4. The van der Waals surface area contributed by atoms with Crippen LogP contribution in [0.5, 0.6) is 11.5 Å². The highest BCUT2D eigenvalue weighted by molar-refractivity contribution is 5.96. The molecule has 8 heteroatoms. The second-order valence-corrected chi connectivity index (χ2v) is 6.69. The summed E-state index contributed by atoms with van der Waals surface area (Å²) in [5, 5.41) is 7.04. The van der Waals surface area contributed by atoms with Crippen LogP contribution >= 0.6 is 0 Å². The molecule has 1 aliphatic heterocycles. The van der Waals surface area contributed by atoms with Crippen LogP contribution in [0, 0.1) is 6.92 Å². The molecule has 8 nitrogen and oxygen atoms in total. The van der Waals surface area contributed by atoms with E-state index in [-0.39, 0.29) is 5.91 Å². The molecule has 1 fully saturated rings. The van der Waals surface area contributed by atoms with Gasteiger partial charge in [0.05, 0.1) is 6.54 Å². The summed E-state index contributed by atoms with van der Waals surface area (Å²) in [6.07, 6.45) is 3.20. The molecule has 0 spiro atoms. The number of rotatable bonds is 5. The predicted molar refractivity (Wildman–Crippen MR) is 103 cm³/mol. The number of nitrogens with one attached hydrogen (secondary N) is 1. The first kappa shape index (κ1) is 18.1. The molecule has 0 bridgehead atoms. The van der Waals surface area contributed by atoms with Gasteiger partial charge in [-0.15, -0.1) is 0 Å². The van der Waals surface area contributed by atoms with Gasteiger partial charge in [0.15, 0.2) is 5.82 Å².